The Morgan fingerprint density at radius 3 is 2.52 bits per heavy atom. The number of guanidine groups is 1. The van der Waals surface area contributed by atoms with Crippen LogP contribution in [0, 0.1) is 11.8 Å². The molecule has 2 saturated heterocycles. The number of nitrogens with zero attached hydrogens (tertiary/aromatic N) is 3. The highest BCUT2D eigenvalue weighted by atomic mass is 16.5. The van der Waals surface area contributed by atoms with E-state index in [1.807, 2.05) is 0 Å². The summed E-state index contributed by atoms with van der Waals surface area (Å²) in [6.45, 7) is 14.5. The molecule has 0 amide bonds. The van der Waals surface area contributed by atoms with Crippen molar-refractivity contribution in [2.75, 3.05) is 52.5 Å². The molecule has 3 N–H and O–H groups in total. The van der Waals surface area contributed by atoms with Crippen molar-refractivity contribution in [3.05, 3.63) is 35.4 Å². The van der Waals surface area contributed by atoms with Crippen LogP contribution in [0.2, 0.25) is 0 Å². The van der Waals surface area contributed by atoms with Crippen LogP contribution >= 0.6 is 0 Å². The molecule has 2 aliphatic rings. The third kappa shape index (κ3) is 7.61. The Hall–Kier alpha value is -1.63. The van der Waals surface area contributed by atoms with E-state index in [1.165, 1.54) is 30.6 Å². The average molecular weight is 402 g/mol. The maximum Gasteiger partial charge on any atom is 0.188 e. The molecule has 29 heavy (non-hydrogen) atoms. The highest BCUT2D eigenvalue weighted by Crippen LogP contribution is 2.23. The molecule has 0 saturated carbocycles. The first-order valence-electron chi connectivity index (χ1n) is 11.2. The first kappa shape index (κ1) is 22.1. The molecule has 0 aliphatic carbocycles. The highest BCUT2D eigenvalue weighted by molar-refractivity contribution is 5.77. The Morgan fingerprint density at radius 1 is 1.10 bits per heavy atom. The van der Waals surface area contributed by atoms with E-state index in [9.17, 15) is 0 Å². The number of morpholine rings is 1. The number of ether oxygens (including phenoxy) is 1. The molecule has 0 spiro atoms. The predicted octanol–water partition coefficient (Wildman–Crippen LogP) is 2.29. The van der Waals surface area contributed by atoms with Gasteiger partial charge in [0.05, 0.1) is 19.8 Å². The van der Waals surface area contributed by atoms with Crippen molar-refractivity contribution in [1.29, 1.82) is 0 Å². The lowest BCUT2D eigenvalue weighted by Gasteiger charge is -2.35. The lowest BCUT2D eigenvalue weighted by Crippen LogP contribution is -2.39. The lowest BCUT2D eigenvalue weighted by atomic mass is 9.91. The molecule has 0 bridgehead atoms. The zero-order valence-corrected chi connectivity index (χ0v) is 18.3. The third-order valence-electron chi connectivity index (χ3n) is 5.94. The molecule has 6 nitrogen and oxygen atoms in total. The van der Waals surface area contributed by atoms with E-state index in [-0.39, 0.29) is 0 Å². The van der Waals surface area contributed by atoms with Crippen LogP contribution in [0.15, 0.2) is 29.3 Å². The monoisotopic (exact) mass is 401 g/mol. The van der Waals surface area contributed by atoms with Gasteiger partial charge in [0.15, 0.2) is 5.96 Å². The van der Waals surface area contributed by atoms with Crippen molar-refractivity contribution in [2.24, 2.45) is 22.6 Å². The fourth-order valence-electron chi connectivity index (χ4n) is 4.60. The minimum atomic E-state index is 0.544. The van der Waals surface area contributed by atoms with Crippen molar-refractivity contribution in [3.8, 4) is 0 Å². The maximum absolute atomic E-state index is 6.11. The van der Waals surface area contributed by atoms with E-state index in [0.29, 0.717) is 12.5 Å². The molecule has 6 heteroatoms. The molecule has 1 aromatic rings. The SMILES string of the molecule is CC1CC(C)CN(Cc2ccccc2CN=C(N)NCCCN2CCOCC2)C1. The van der Waals surface area contributed by atoms with Gasteiger partial charge in [-0.05, 0) is 42.3 Å². The van der Waals surface area contributed by atoms with Crippen LogP contribution in [0.3, 0.4) is 0 Å². The molecule has 2 atom stereocenters. The molecular weight excluding hydrogens is 362 g/mol. The number of hydrogen-bond donors (Lipinski definition) is 2. The number of likely N-dealkylation sites (tertiary alicyclic amines) is 1. The molecule has 162 valence electrons. The molecular formula is C23H39N5O. The van der Waals surface area contributed by atoms with Crippen molar-refractivity contribution in [3.63, 3.8) is 0 Å². The van der Waals surface area contributed by atoms with Gasteiger partial charge in [-0.15, -0.1) is 0 Å². The average Bonchev–Trinajstić information content (AvgIpc) is 2.70. The summed E-state index contributed by atoms with van der Waals surface area (Å²) in [6.07, 6.45) is 2.41. The second-order valence-electron chi connectivity index (χ2n) is 8.84. The Morgan fingerprint density at radius 2 is 1.79 bits per heavy atom. The molecule has 1 aromatic carbocycles. The number of nitrogens with two attached hydrogens (primary N) is 1. The minimum Gasteiger partial charge on any atom is -0.379 e. The summed E-state index contributed by atoms with van der Waals surface area (Å²) in [7, 11) is 0. The zero-order chi connectivity index (χ0) is 20.5. The van der Waals surface area contributed by atoms with Gasteiger partial charge in [0.1, 0.15) is 0 Å². The number of aliphatic imine (C=N–C) groups is 1. The summed E-state index contributed by atoms with van der Waals surface area (Å²) >= 11 is 0. The van der Waals surface area contributed by atoms with Gasteiger partial charge < -0.3 is 15.8 Å². The Balaban J connectivity index is 1.44. The lowest BCUT2D eigenvalue weighted by molar-refractivity contribution is 0.0376. The molecule has 2 heterocycles. The van der Waals surface area contributed by atoms with E-state index in [2.05, 4.69) is 58.2 Å². The first-order chi connectivity index (χ1) is 14.1. The summed E-state index contributed by atoms with van der Waals surface area (Å²) in [5.41, 5.74) is 8.75. The molecule has 2 unspecified atom stereocenters. The van der Waals surface area contributed by atoms with Gasteiger partial charge in [0.2, 0.25) is 0 Å². The van der Waals surface area contributed by atoms with Crippen LogP contribution in [0.1, 0.15) is 37.8 Å². The Kier molecular flexibility index (Phi) is 8.77. The van der Waals surface area contributed by atoms with Crippen LogP contribution in [0.4, 0.5) is 0 Å². The van der Waals surface area contributed by atoms with Crippen LogP contribution in [0.5, 0.6) is 0 Å². The van der Waals surface area contributed by atoms with Crippen LogP contribution in [0.25, 0.3) is 0 Å². The summed E-state index contributed by atoms with van der Waals surface area (Å²) in [5.74, 6) is 2.10. The first-order valence-corrected chi connectivity index (χ1v) is 11.2. The second-order valence-corrected chi connectivity index (χ2v) is 8.84. The summed E-state index contributed by atoms with van der Waals surface area (Å²) in [4.78, 5) is 9.63. The van der Waals surface area contributed by atoms with Crippen molar-refractivity contribution in [1.82, 2.24) is 15.1 Å². The second kappa shape index (κ2) is 11.5. The smallest absolute Gasteiger partial charge is 0.188 e. The van der Waals surface area contributed by atoms with E-state index in [1.54, 1.807) is 0 Å². The minimum absolute atomic E-state index is 0.544. The van der Waals surface area contributed by atoms with Gasteiger partial charge in [-0.3, -0.25) is 9.80 Å². The maximum atomic E-state index is 6.11. The molecule has 2 aliphatic heterocycles. The van der Waals surface area contributed by atoms with Crippen LogP contribution < -0.4 is 11.1 Å². The molecule has 0 radical (unpaired) electrons. The van der Waals surface area contributed by atoms with Gasteiger partial charge in [-0.2, -0.15) is 0 Å². The van der Waals surface area contributed by atoms with Crippen LogP contribution in [-0.4, -0.2) is 68.2 Å². The van der Waals surface area contributed by atoms with Gasteiger partial charge >= 0.3 is 0 Å². The van der Waals surface area contributed by atoms with Crippen molar-refractivity contribution < 1.29 is 4.74 Å². The quantitative estimate of drug-likeness (QED) is 0.397. The normalized spacial score (nSPS) is 24.6. The van der Waals surface area contributed by atoms with E-state index in [0.717, 1.165) is 64.2 Å². The van der Waals surface area contributed by atoms with Gasteiger partial charge in [0.25, 0.3) is 0 Å². The fourth-order valence-corrected chi connectivity index (χ4v) is 4.60. The standard InChI is InChI=1S/C23H39N5O/c1-19-14-20(2)17-28(16-19)18-22-7-4-3-6-21(22)15-26-23(24)25-8-5-9-27-10-12-29-13-11-27/h3-4,6-7,19-20H,5,8-18H2,1-2H3,(H3,24,25,26). The molecule has 3 rings (SSSR count). The van der Waals surface area contributed by atoms with Crippen molar-refractivity contribution >= 4 is 5.96 Å². The highest BCUT2D eigenvalue weighted by Gasteiger charge is 2.22. The number of nitrogens with one attached hydrogen (secondary N) is 1. The molecule has 0 aromatic heterocycles. The van der Waals surface area contributed by atoms with E-state index in [4.69, 9.17) is 10.5 Å². The summed E-state index contributed by atoms with van der Waals surface area (Å²) in [6, 6.07) is 8.65. The van der Waals surface area contributed by atoms with E-state index < -0.39 is 0 Å². The summed E-state index contributed by atoms with van der Waals surface area (Å²) < 4.78 is 5.39. The fraction of sp³-hybridized carbons (Fsp3) is 0.696. The predicted molar refractivity (Wildman–Crippen MR) is 120 cm³/mol. The van der Waals surface area contributed by atoms with Gasteiger partial charge in [0, 0.05) is 39.3 Å². The topological polar surface area (TPSA) is 66.1 Å². The zero-order valence-electron chi connectivity index (χ0n) is 18.3. The third-order valence-corrected chi connectivity index (χ3v) is 5.94. The summed E-state index contributed by atoms with van der Waals surface area (Å²) in [5, 5.41) is 3.26. The number of benzene rings is 1. The Bertz CT molecular complexity index is 634. The van der Waals surface area contributed by atoms with E-state index >= 15 is 0 Å². The Labute approximate surface area is 176 Å². The number of rotatable bonds is 8. The largest absolute Gasteiger partial charge is 0.379 e. The number of hydrogen-bond acceptors (Lipinski definition) is 4. The molecule has 2 fully saturated rings. The van der Waals surface area contributed by atoms with Crippen LogP contribution in [-0.2, 0) is 17.8 Å². The number of piperidine rings is 1. The van der Waals surface area contributed by atoms with Crippen molar-refractivity contribution in [2.45, 2.75) is 39.8 Å². The van der Waals surface area contributed by atoms with Gasteiger partial charge in [-0.25, -0.2) is 4.99 Å². The van der Waals surface area contributed by atoms with Gasteiger partial charge in [-0.1, -0.05) is 38.1 Å².